The fraction of sp³-hybridized carbons (Fsp3) is 0.0714. The number of primary amides is 1. The smallest absolute Gasteiger partial charge is 0.251 e. The van der Waals surface area contributed by atoms with Gasteiger partial charge in [0.25, 0.3) is 5.91 Å². The summed E-state index contributed by atoms with van der Waals surface area (Å²) < 4.78 is 27.0. The normalized spacial score (nSPS) is 10.4. The quantitative estimate of drug-likeness (QED) is 0.812. The summed E-state index contributed by atoms with van der Waals surface area (Å²) in [5, 5.41) is 12.6. The van der Waals surface area contributed by atoms with Crippen LogP contribution in [0.5, 0.6) is 5.75 Å². The Labute approximate surface area is 124 Å². The third-order valence-electron chi connectivity index (χ3n) is 2.87. The number of nitrogens with one attached hydrogen (secondary N) is 1. The molecule has 0 saturated heterocycles. The Morgan fingerprint density at radius 2 is 2.00 bits per heavy atom. The van der Waals surface area contributed by atoms with Gasteiger partial charge in [-0.1, -0.05) is 17.7 Å². The number of amides is 1. The van der Waals surface area contributed by atoms with Crippen LogP contribution in [0.1, 0.15) is 15.9 Å². The predicted octanol–water partition coefficient (Wildman–Crippen LogP) is 3.03. The van der Waals surface area contributed by atoms with Crippen LogP contribution in [0, 0.1) is 11.6 Å². The number of anilines is 1. The van der Waals surface area contributed by atoms with Crippen molar-refractivity contribution in [3.63, 3.8) is 0 Å². The molecule has 7 heteroatoms. The summed E-state index contributed by atoms with van der Waals surface area (Å²) in [5.74, 6) is -2.99. The first kappa shape index (κ1) is 15.1. The van der Waals surface area contributed by atoms with E-state index in [9.17, 15) is 18.7 Å². The average molecular weight is 313 g/mol. The van der Waals surface area contributed by atoms with E-state index in [0.29, 0.717) is 16.7 Å². The van der Waals surface area contributed by atoms with Crippen LogP contribution < -0.4 is 11.1 Å². The highest BCUT2D eigenvalue weighted by atomic mass is 35.5. The molecule has 21 heavy (non-hydrogen) atoms. The average Bonchev–Trinajstić information content (AvgIpc) is 2.39. The molecular weight excluding hydrogens is 302 g/mol. The van der Waals surface area contributed by atoms with Crippen molar-refractivity contribution in [1.29, 1.82) is 0 Å². The standard InChI is InChI=1S/C14H11ClF2N2O2/c15-9-2-1-3-13(20)8(9)6-19-12-4-7(14(18)21)10(16)5-11(12)17/h1-5,19-20H,6H2,(H2,18,21). The van der Waals surface area contributed by atoms with Crippen molar-refractivity contribution < 1.29 is 18.7 Å². The van der Waals surface area contributed by atoms with E-state index in [1.165, 1.54) is 6.07 Å². The monoisotopic (exact) mass is 312 g/mol. The number of benzene rings is 2. The minimum Gasteiger partial charge on any atom is -0.508 e. The summed E-state index contributed by atoms with van der Waals surface area (Å²) in [7, 11) is 0. The van der Waals surface area contributed by atoms with E-state index in [1.54, 1.807) is 12.1 Å². The topological polar surface area (TPSA) is 75.4 Å². The van der Waals surface area contributed by atoms with Crippen LogP contribution in [-0.2, 0) is 6.54 Å². The van der Waals surface area contributed by atoms with Gasteiger partial charge < -0.3 is 16.2 Å². The van der Waals surface area contributed by atoms with Gasteiger partial charge in [0.1, 0.15) is 17.4 Å². The molecule has 0 saturated carbocycles. The number of nitrogens with two attached hydrogens (primary N) is 1. The van der Waals surface area contributed by atoms with Crippen LogP contribution >= 0.6 is 11.6 Å². The van der Waals surface area contributed by atoms with Crippen molar-refractivity contribution in [2.75, 3.05) is 5.32 Å². The summed E-state index contributed by atoms with van der Waals surface area (Å²) in [6.07, 6.45) is 0. The van der Waals surface area contributed by atoms with Crippen LogP contribution in [0.2, 0.25) is 5.02 Å². The first-order chi connectivity index (χ1) is 9.90. The molecule has 0 aliphatic rings. The maximum Gasteiger partial charge on any atom is 0.251 e. The minimum atomic E-state index is -1.04. The Kier molecular flexibility index (Phi) is 4.28. The molecule has 0 aliphatic carbocycles. The highest BCUT2D eigenvalue weighted by Gasteiger charge is 2.14. The number of aromatic hydroxyl groups is 1. The molecule has 0 heterocycles. The molecule has 110 valence electrons. The van der Waals surface area contributed by atoms with Crippen molar-refractivity contribution in [2.45, 2.75) is 6.54 Å². The number of carbonyl (C=O) groups is 1. The molecule has 0 aromatic heterocycles. The lowest BCUT2D eigenvalue weighted by Crippen LogP contribution is -2.14. The lowest BCUT2D eigenvalue weighted by atomic mass is 10.1. The number of hydrogen-bond donors (Lipinski definition) is 3. The molecule has 0 bridgehead atoms. The number of phenols is 1. The van der Waals surface area contributed by atoms with E-state index in [1.807, 2.05) is 0 Å². The molecule has 0 unspecified atom stereocenters. The van der Waals surface area contributed by atoms with E-state index in [2.05, 4.69) is 5.32 Å². The fourth-order valence-corrected chi connectivity index (χ4v) is 2.02. The zero-order valence-corrected chi connectivity index (χ0v) is 11.4. The summed E-state index contributed by atoms with van der Waals surface area (Å²) in [6.45, 7) is -0.00768. The lowest BCUT2D eigenvalue weighted by molar-refractivity contribution is 0.0996. The third kappa shape index (κ3) is 3.22. The van der Waals surface area contributed by atoms with E-state index < -0.39 is 23.1 Å². The second kappa shape index (κ2) is 5.97. The van der Waals surface area contributed by atoms with Crippen molar-refractivity contribution in [3.05, 3.63) is 58.1 Å². The first-order valence-corrected chi connectivity index (χ1v) is 6.27. The Hall–Kier alpha value is -2.34. The van der Waals surface area contributed by atoms with E-state index >= 15 is 0 Å². The molecule has 4 nitrogen and oxygen atoms in total. The first-order valence-electron chi connectivity index (χ1n) is 5.89. The molecule has 2 rings (SSSR count). The van der Waals surface area contributed by atoms with Crippen LogP contribution in [0.3, 0.4) is 0 Å². The van der Waals surface area contributed by atoms with Crippen molar-refractivity contribution in [3.8, 4) is 5.75 Å². The van der Waals surface area contributed by atoms with Crippen LogP contribution in [0.25, 0.3) is 0 Å². The van der Waals surface area contributed by atoms with Crippen LogP contribution in [0.15, 0.2) is 30.3 Å². The van der Waals surface area contributed by atoms with E-state index in [4.69, 9.17) is 17.3 Å². The highest BCUT2D eigenvalue weighted by molar-refractivity contribution is 6.31. The van der Waals surface area contributed by atoms with Gasteiger partial charge in [0.05, 0.1) is 11.3 Å². The van der Waals surface area contributed by atoms with Gasteiger partial charge in [-0.05, 0) is 18.2 Å². The molecule has 0 atom stereocenters. The van der Waals surface area contributed by atoms with E-state index in [-0.39, 0.29) is 18.0 Å². The molecule has 0 aliphatic heterocycles. The SMILES string of the molecule is NC(=O)c1cc(NCc2c(O)cccc2Cl)c(F)cc1F. The minimum absolute atomic E-state index is 0.00768. The van der Waals surface area contributed by atoms with Crippen molar-refractivity contribution in [2.24, 2.45) is 5.73 Å². The number of rotatable bonds is 4. The molecule has 1 amide bonds. The second-order valence-electron chi connectivity index (χ2n) is 4.27. The number of carbonyl (C=O) groups excluding carboxylic acids is 1. The molecule has 0 spiro atoms. The van der Waals surface area contributed by atoms with Gasteiger partial charge in [0.2, 0.25) is 0 Å². The van der Waals surface area contributed by atoms with E-state index in [0.717, 1.165) is 6.07 Å². The molecule has 2 aromatic carbocycles. The molecule has 0 fully saturated rings. The zero-order chi connectivity index (χ0) is 15.6. The summed E-state index contributed by atoms with van der Waals surface area (Å²) in [5.41, 5.74) is 4.80. The predicted molar refractivity (Wildman–Crippen MR) is 75.3 cm³/mol. The van der Waals surface area contributed by atoms with Crippen LogP contribution in [0.4, 0.5) is 14.5 Å². The van der Waals surface area contributed by atoms with Crippen LogP contribution in [-0.4, -0.2) is 11.0 Å². The highest BCUT2D eigenvalue weighted by Crippen LogP contribution is 2.27. The molecule has 2 aromatic rings. The van der Waals surface area contributed by atoms with Gasteiger partial charge in [-0.25, -0.2) is 8.78 Å². The fourth-order valence-electron chi connectivity index (χ4n) is 1.78. The van der Waals surface area contributed by atoms with Gasteiger partial charge in [-0.15, -0.1) is 0 Å². The van der Waals surface area contributed by atoms with Gasteiger partial charge in [-0.3, -0.25) is 4.79 Å². The van der Waals surface area contributed by atoms with Gasteiger partial charge in [-0.2, -0.15) is 0 Å². The largest absolute Gasteiger partial charge is 0.508 e. The number of halogens is 3. The van der Waals surface area contributed by atoms with Crippen molar-refractivity contribution >= 4 is 23.2 Å². The molecule has 4 N–H and O–H groups in total. The maximum absolute atomic E-state index is 13.6. The molecule has 0 radical (unpaired) electrons. The Balaban J connectivity index is 2.28. The van der Waals surface area contributed by atoms with Gasteiger partial charge in [0.15, 0.2) is 0 Å². The molecular formula is C14H11ClF2N2O2. The Bertz CT molecular complexity index is 687. The summed E-state index contributed by atoms with van der Waals surface area (Å²) in [4.78, 5) is 11.0. The van der Waals surface area contributed by atoms with Crippen molar-refractivity contribution in [1.82, 2.24) is 0 Å². The number of phenolic OH excluding ortho intramolecular Hbond substituents is 1. The lowest BCUT2D eigenvalue weighted by Gasteiger charge is -2.11. The number of hydrogen-bond acceptors (Lipinski definition) is 3. The third-order valence-corrected chi connectivity index (χ3v) is 3.23. The maximum atomic E-state index is 13.6. The van der Waals surface area contributed by atoms with Gasteiger partial charge >= 0.3 is 0 Å². The summed E-state index contributed by atoms with van der Waals surface area (Å²) >= 11 is 5.91. The Morgan fingerprint density at radius 3 is 2.62 bits per heavy atom. The zero-order valence-electron chi connectivity index (χ0n) is 10.7. The second-order valence-corrected chi connectivity index (χ2v) is 4.67. The Morgan fingerprint density at radius 1 is 1.29 bits per heavy atom. The van der Waals surface area contributed by atoms with Gasteiger partial charge in [0, 0.05) is 23.2 Å². The summed E-state index contributed by atoms with van der Waals surface area (Å²) in [6, 6.07) is 6.09.